The summed E-state index contributed by atoms with van der Waals surface area (Å²) in [7, 11) is -2.88. The Labute approximate surface area is 407 Å². The molecule has 0 spiro atoms. The van der Waals surface area contributed by atoms with Gasteiger partial charge in [-0.2, -0.15) is 0 Å². The summed E-state index contributed by atoms with van der Waals surface area (Å²) >= 11 is 0. The maximum atomic E-state index is 2.47. The van der Waals surface area contributed by atoms with E-state index in [9.17, 15) is 0 Å². The van der Waals surface area contributed by atoms with Gasteiger partial charge in [0.2, 0.25) is 0 Å². The van der Waals surface area contributed by atoms with Gasteiger partial charge in [0.05, 0.1) is 33.1 Å². The van der Waals surface area contributed by atoms with Gasteiger partial charge < -0.3 is 13.7 Å². The van der Waals surface area contributed by atoms with Crippen molar-refractivity contribution in [3.8, 4) is 39.3 Å². The number of hydrogen-bond acceptors (Lipinski definition) is 0. The normalized spacial score (nSPS) is 12.0. The van der Waals surface area contributed by atoms with E-state index in [0.29, 0.717) is 0 Å². The second-order valence-corrected chi connectivity index (χ2v) is 22.3. The molecular weight excluding hydrogens is 863 g/mol. The van der Waals surface area contributed by atoms with Crippen LogP contribution >= 0.6 is 0 Å². The molecule has 328 valence electrons. The standard InChI is InChI=1S/C66H45N3Si/c1-5-19-46(20-6-1)47-21-15-22-48(43-47)49-23-16-30-56(44-49)70(53-26-9-3-10-27-53,54-28-11-4-12-29-54)55-40-37-51(38-41-55)67-59-32-14-13-31-57(59)58-45-52(39-42-60(58)67)69-63-35-17-33-61-65(63)66-62(34-18-36-64(66)69)68(61)50-24-7-2-8-25-50/h1-45H. The monoisotopic (exact) mass is 907 g/mol. The predicted molar refractivity (Wildman–Crippen MR) is 298 cm³/mol. The Balaban J connectivity index is 0.922. The van der Waals surface area contributed by atoms with E-state index in [1.807, 2.05) is 0 Å². The molecule has 0 N–H and O–H groups in total. The molecular formula is C66H45N3Si. The molecule has 14 rings (SSSR count). The highest BCUT2D eigenvalue weighted by molar-refractivity contribution is 7.19. The van der Waals surface area contributed by atoms with E-state index in [4.69, 9.17) is 0 Å². The van der Waals surface area contributed by atoms with Crippen LogP contribution in [-0.4, -0.2) is 21.8 Å². The minimum atomic E-state index is -2.88. The second kappa shape index (κ2) is 16.1. The zero-order valence-electron chi connectivity index (χ0n) is 38.3. The van der Waals surface area contributed by atoms with Crippen LogP contribution in [0.3, 0.4) is 0 Å². The number of aromatic nitrogens is 3. The second-order valence-electron chi connectivity index (χ2n) is 18.5. The first kappa shape index (κ1) is 40.1. The van der Waals surface area contributed by atoms with Crippen LogP contribution < -0.4 is 20.7 Å². The largest absolute Gasteiger partial charge is 0.309 e. The highest BCUT2D eigenvalue weighted by Crippen LogP contribution is 2.43. The zero-order chi connectivity index (χ0) is 46.2. The Kier molecular flexibility index (Phi) is 9.23. The maximum Gasteiger partial charge on any atom is 0.179 e. The molecule has 0 saturated carbocycles. The lowest BCUT2D eigenvalue weighted by atomic mass is 9.99. The van der Waals surface area contributed by atoms with E-state index in [1.54, 1.807) is 0 Å². The molecule has 70 heavy (non-hydrogen) atoms. The van der Waals surface area contributed by atoms with E-state index < -0.39 is 8.07 Å². The molecule has 0 aliphatic heterocycles. The molecule has 4 heteroatoms. The zero-order valence-corrected chi connectivity index (χ0v) is 39.3. The highest BCUT2D eigenvalue weighted by Gasteiger charge is 2.41. The lowest BCUT2D eigenvalue weighted by Gasteiger charge is -2.35. The molecule has 0 atom stereocenters. The van der Waals surface area contributed by atoms with Gasteiger partial charge in [-0.15, -0.1) is 0 Å². The van der Waals surface area contributed by atoms with E-state index in [0.717, 1.165) is 11.4 Å². The molecule has 0 unspecified atom stereocenters. The molecule has 0 radical (unpaired) electrons. The van der Waals surface area contributed by atoms with E-state index in [1.165, 1.54) is 103 Å². The first-order chi connectivity index (χ1) is 34.7. The number of fused-ring (bicyclic) bond motifs is 3. The fourth-order valence-electron chi connectivity index (χ4n) is 11.8. The minimum absolute atomic E-state index is 1.14. The van der Waals surface area contributed by atoms with Gasteiger partial charge in [0, 0.05) is 38.6 Å². The number of hydrogen-bond donors (Lipinski definition) is 0. The molecule has 0 aliphatic carbocycles. The summed E-state index contributed by atoms with van der Waals surface area (Å²) in [4.78, 5) is 0. The topological polar surface area (TPSA) is 14.8 Å². The molecule has 0 fully saturated rings. The number of rotatable bonds is 9. The first-order valence-corrected chi connectivity index (χ1v) is 26.2. The van der Waals surface area contributed by atoms with Gasteiger partial charge in [0.15, 0.2) is 8.07 Å². The van der Waals surface area contributed by atoms with Crippen LogP contribution in [0.25, 0.3) is 94.0 Å². The van der Waals surface area contributed by atoms with Gasteiger partial charge in [-0.1, -0.05) is 194 Å². The maximum absolute atomic E-state index is 2.88. The molecule has 14 aromatic rings. The predicted octanol–water partition coefficient (Wildman–Crippen LogP) is 14.0. The van der Waals surface area contributed by atoms with Crippen LogP contribution in [0.15, 0.2) is 273 Å². The lowest BCUT2D eigenvalue weighted by Crippen LogP contribution is -2.74. The summed E-state index contributed by atoms with van der Waals surface area (Å²) in [6, 6.07) is 101. The third-order valence-corrected chi connectivity index (χ3v) is 19.5. The molecule has 0 bridgehead atoms. The van der Waals surface area contributed by atoms with Gasteiger partial charge in [0.1, 0.15) is 0 Å². The highest BCUT2D eigenvalue weighted by atomic mass is 28.3. The number of nitrogens with zero attached hydrogens (tertiary/aromatic N) is 3. The molecule has 3 nitrogen and oxygen atoms in total. The Bertz CT molecular complexity index is 4100. The van der Waals surface area contributed by atoms with E-state index in [-0.39, 0.29) is 0 Å². The number of benzene rings is 11. The van der Waals surface area contributed by atoms with Crippen LogP contribution in [0.5, 0.6) is 0 Å². The van der Waals surface area contributed by atoms with Crippen LogP contribution in [0.4, 0.5) is 0 Å². The molecule has 11 aromatic carbocycles. The molecule has 3 aromatic heterocycles. The summed E-state index contributed by atoms with van der Waals surface area (Å²) in [5, 5.41) is 10.5. The Morgan fingerprint density at radius 1 is 0.214 bits per heavy atom. The van der Waals surface area contributed by atoms with Gasteiger partial charge >= 0.3 is 0 Å². The van der Waals surface area contributed by atoms with Gasteiger partial charge in [-0.25, -0.2) is 0 Å². The fraction of sp³-hybridized carbons (Fsp3) is 0. The quantitative estimate of drug-likeness (QED) is 0.101. The molecule has 3 heterocycles. The Morgan fingerprint density at radius 3 is 1.23 bits per heavy atom. The Hall–Kier alpha value is -8.96. The summed E-state index contributed by atoms with van der Waals surface area (Å²) in [5.74, 6) is 0. The average Bonchev–Trinajstić information content (AvgIpc) is 4.09. The van der Waals surface area contributed by atoms with Crippen molar-refractivity contribution in [1.82, 2.24) is 13.7 Å². The average molecular weight is 908 g/mol. The third kappa shape index (κ3) is 6.07. The molecule has 0 amide bonds. The number of para-hydroxylation sites is 2. The molecule has 0 aliphatic rings. The minimum Gasteiger partial charge on any atom is -0.309 e. The van der Waals surface area contributed by atoms with Crippen molar-refractivity contribution in [2.24, 2.45) is 0 Å². The Morgan fingerprint density at radius 2 is 0.600 bits per heavy atom. The first-order valence-electron chi connectivity index (χ1n) is 24.2. The van der Waals surface area contributed by atoms with E-state index in [2.05, 4.69) is 287 Å². The van der Waals surface area contributed by atoms with Crippen molar-refractivity contribution in [3.05, 3.63) is 273 Å². The SMILES string of the molecule is c1ccc(-c2cccc(-c3cccc([Si](c4ccccc4)(c4ccccc4)c4ccc(-n5c6ccccc6c6cc(-n7c8cccc9c8c8c(cccc87)n9-c7ccccc7)ccc65)cc4)c3)c2)cc1. The molecule has 0 saturated heterocycles. The fourth-order valence-corrected chi connectivity index (χ4v) is 16.5. The van der Waals surface area contributed by atoms with Crippen molar-refractivity contribution in [3.63, 3.8) is 0 Å². The van der Waals surface area contributed by atoms with Crippen LogP contribution in [0.1, 0.15) is 0 Å². The summed E-state index contributed by atoms with van der Waals surface area (Å²) in [6.07, 6.45) is 0. The van der Waals surface area contributed by atoms with Crippen molar-refractivity contribution in [1.29, 1.82) is 0 Å². The van der Waals surface area contributed by atoms with Crippen LogP contribution in [0, 0.1) is 0 Å². The van der Waals surface area contributed by atoms with Gasteiger partial charge in [-0.05, 0) is 122 Å². The van der Waals surface area contributed by atoms with Gasteiger partial charge in [-0.3, -0.25) is 0 Å². The van der Waals surface area contributed by atoms with Crippen molar-refractivity contribution >= 4 is 83.5 Å². The van der Waals surface area contributed by atoms with Crippen molar-refractivity contribution in [2.75, 3.05) is 0 Å². The summed E-state index contributed by atoms with van der Waals surface area (Å²) < 4.78 is 7.33. The summed E-state index contributed by atoms with van der Waals surface area (Å²) in [6.45, 7) is 0. The summed E-state index contributed by atoms with van der Waals surface area (Å²) in [5.41, 5.74) is 15.6. The lowest BCUT2D eigenvalue weighted by molar-refractivity contribution is 1.15. The van der Waals surface area contributed by atoms with Crippen LogP contribution in [-0.2, 0) is 0 Å². The van der Waals surface area contributed by atoms with Gasteiger partial charge in [0.25, 0.3) is 0 Å². The van der Waals surface area contributed by atoms with Crippen molar-refractivity contribution in [2.45, 2.75) is 0 Å². The van der Waals surface area contributed by atoms with E-state index >= 15 is 0 Å². The van der Waals surface area contributed by atoms with Crippen LogP contribution in [0.2, 0.25) is 0 Å². The third-order valence-electron chi connectivity index (χ3n) is 14.8. The van der Waals surface area contributed by atoms with Crippen molar-refractivity contribution < 1.29 is 0 Å². The smallest absolute Gasteiger partial charge is 0.179 e.